The van der Waals surface area contributed by atoms with Gasteiger partial charge in [-0.3, -0.25) is 0 Å². The molecular weight excluding hydrogens is 234 g/mol. The predicted octanol–water partition coefficient (Wildman–Crippen LogP) is 1.89. The molecule has 1 atom stereocenters. The highest BCUT2D eigenvalue weighted by Gasteiger charge is 2.41. The molecule has 17 heavy (non-hydrogen) atoms. The first-order valence-corrected chi connectivity index (χ1v) is 6.83. The molecule has 0 bridgehead atoms. The van der Waals surface area contributed by atoms with Crippen molar-refractivity contribution in [3.8, 4) is 5.75 Å². The Morgan fingerprint density at radius 1 is 1.41 bits per heavy atom. The second kappa shape index (κ2) is 5.29. The van der Waals surface area contributed by atoms with Crippen LogP contribution in [0, 0.1) is 5.92 Å². The van der Waals surface area contributed by atoms with E-state index >= 15 is 0 Å². The van der Waals surface area contributed by atoms with Crippen LogP contribution in [-0.2, 0) is 0 Å². The molecule has 1 unspecified atom stereocenters. The first-order chi connectivity index (χ1) is 8.18. The van der Waals surface area contributed by atoms with Gasteiger partial charge in [-0.25, -0.2) is 0 Å². The summed E-state index contributed by atoms with van der Waals surface area (Å²) in [6.45, 7) is 0.0703. The van der Waals surface area contributed by atoms with Crippen molar-refractivity contribution in [3.05, 3.63) is 24.3 Å². The van der Waals surface area contributed by atoms with E-state index in [4.69, 9.17) is 10.5 Å². The molecule has 94 valence electrons. The highest BCUT2D eigenvalue weighted by molar-refractivity contribution is 7.99. The number of hydrogen-bond acceptors (Lipinski definition) is 4. The quantitative estimate of drug-likeness (QED) is 0.760. The van der Waals surface area contributed by atoms with Gasteiger partial charge in [0.15, 0.2) is 0 Å². The number of hydrogen-bond donors (Lipinski definition) is 2. The summed E-state index contributed by atoms with van der Waals surface area (Å²) in [5, 5.41) is 9.40. The molecule has 0 saturated heterocycles. The Morgan fingerprint density at radius 3 is 2.53 bits per heavy atom. The summed E-state index contributed by atoms with van der Waals surface area (Å²) < 4.78 is 5.11. The molecule has 1 fully saturated rings. The largest absolute Gasteiger partial charge is 0.497 e. The third kappa shape index (κ3) is 3.15. The number of ether oxygens (including phenoxy) is 1. The molecule has 3 nitrogen and oxygen atoms in total. The van der Waals surface area contributed by atoms with Crippen LogP contribution in [0.15, 0.2) is 29.2 Å². The molecule has 4 heteroatoms. The van der Waals surface area contributed by atoms with Crippen molar-refractivity contribution >= 4 is 11.8 Å². The minimum Gasteiger partial charge on any atom is -0.497 e. The number of methoxy groups -OCH3 is 1. The predicted molar refractivity (Wildman–Crippen MR) is 70.4 cm³/mol. The molecule has 0 radical (unpaired) electrons. The summed E-state index contributed by atoms with van der Waals surface area (Å²) in [5.74, 6) is 2.12. The third-order valence-electron chi connectivity index (χ3n) is 3.25. The molecule has 1 saturated carbocycles. The Hall–Kier alpha value is -0.710. The Kier molecular flexibility index (Phi) is 3.97. The number of benzene rings is 1. The van der Waals surface area contributed by atoms with Crippen molar-refractivity contribution in [1.29, 1.82) is 0 Å². The van der Waals surface area contributed by atoms with Gasteiger partial charge in [-0.1, -0.05) is 0 Å². The maximum absolute atomic E-state index is 9.40. The highest BCUT2D eigenvalue weighted by atomic mass is 32.2. The molecule has 1 aromatic rings. The lowest BCUT2D eigenvalue weighted by molar-refractivity contribution is 0.194. The lowest BCUT2D eigenvalue weighted by Crippen LogP contribution is -2.48. The Bertz CT molecular complexity index is 364. The average Bonchev–Trinajstić information content (AvgIpc) is 3.21. The number of nitrogens with two attached hydrogens (primary N) is 1. The number of thioether (sulfide) groups is 1. The van der Waals surface area contributed by atoms with E-state index in [1.54, 1.807) is 18.9 Å². The van der Waals surface area contributed by atoms with Crippen molar-refractivity contribution in [2.24, 2.45) is 11.7 Å². The van der Waals surface area contributed by atoms with Crippen molar-refractivity contribution in [2.45, 2.75) is 23.3 Å². The van der Waals surface area contributed by atoms with Crippen LogP contribution in [0.25, 0.3) is 0 Å². The van der Waals surface area contributed by atoms with E-state index in [1.807, 2.05) is 24.3 Å². The molecule has 0 amide bonds. The summed E-state index contributed by atoms with van der Waals surface area (Å²) in [6, 6.07) is 7.93. The van der Waals surface area contributed by atoms with Gasteiger partial charge >= 0.3 is 0 Å². The fraction of sp³-hybridized carbons (Fsp3) is 0.538. The maximum atomic E-state index is 9.40. The first kappa shape index (κ1) is 12.7. The standard InChI is InChI=1S/C13H19NO2S/c1-16-11-4-6-12(7-5-11)17-9-13(14,8-15)10-2-3-10/h4-7,10,15H,2-3,8-9,14H2,1H3. The van der Waals surface area contributed by atoms with Gasteiger partial charge in [0.05, 0.1) is 19.3 Å². The molecule has 0 spiro atoms. The summed E-state index contributed by atoms with van der Waals surface area (Å²) in [7, 11) is 1.66. The zero-order valence-corrected chi connectivity index (χ0v) is 10.9. The molecule has 0 aliphatic heterocycles. The average molecular weight is 253 g/mol. The van der Waals surface area contributed by atoms with Crippen molar-refractivity contribution in [2.75, 3.05) is 19.5 Å². The summed E-state index contributed by atoms with van der Waals surface area (Å²) >= 11 is 1.70. The second-order valence-corrected chi connectivity index (χ2v) is 5.68. The van der Waals surface area contributed by atoms with Crippen LogP contribution in [0.4, 0.5) is 0 Å². The molecular formula is C13H19NO2S. The number of aliphatic hydroxyl groups is 1. The van der Waals surface area contributed by atoms with E-state index in [9.17, 15) is 5.11 Å². The zero-order chi connectivity index (χ0) is 12.3. The van der Waals surface area contributed by atoms with Crippen LogP contribution in [-0.4, -0.2) is 30.1 Å². The van der Waals surface area contributed by atoms with E-state index in [2.05, 4.69) is 0 Å². The highest BCUT2D eigenvalue weighted by Crippen LogP contribution is 2.40. The fourth-order valence-electron chi connectivity index (χ4n) is 1.84. The van der Waals surface area contributed by atoms with Crippen LogP contribution < -0.4 is 10.5 Å². The van der Waals surface area contributed by atoms with E-state index in [0.29, 0.717) is 5.92 Å². The molecule has 0 aromatic heterocycles. The third-order valence-corrected chi connectivity index (χ3v) is 4.54. The van der Waals surface area contributed by atoms with Crippen LogP contribution in [0.1, 0.15) is 12.8 Å². The molecule has 1 aliphatic rings. The van der Waals surface area contributed by atoms with Gasteiger partial charge in [0.2, 0.25) is 0 Å². The Labute approximate surface area is 106 Å². The molecule has 2 rings (SSSR count). The topological polar surface area (TPSA) is 55.5 Å². The van der Waals surface area contributed by atoms with Gasteiger partial charge in [-0.05, 0) is 43.0 Å². The van der Waals surface area contributed by atoms with Crippen molar-refractivity contribution < 1.29 is 9.84 Å². The zero-order valence-electron chi connectivity index (χ0n) is 10.1. The Morgan fingerprint density at radius 2 is 2.06 bits per heavy atom. The van der Waals surface area contributed by atoms with Crippen LogP contribution >= 0.6 is 11.8 Å². The monoisotopic (exact) mass is 253 g/mol. The molecule has 1 aliphatic carbocycles. The van der Waals surface area contributed by atoms with E-state index < -0.39 is 5.54 Å². The summed E-state index contributed by atoms with van der Waals surface area (Å²) in [6.07, 6.45) is 2.31. The first-order valence-electron chi connectivity index (χ1n) is 5.84. The van der Waals surface area contributed by atoms with Gasteiger partial charge in [0.1, 0.15) is 5.75 Å². The lowest BCUT2D eigenvalue weighted by Gasteiger charge is -2.26. The summed E-state index contributed by atoms with van der Waals surface area (Å²) in [5.41, 5.74) is 5.80. The fourth-order valence-corrected chi connectivity index (χ4v) is 2.93. The van der Waals surface area contributed by atoms with E-state index in [0.717, 1.165) is 29.2 Å². The van der Waals surface area contributed by atoms with Gasteiger partial charge in [0, 0.05) is 10.6 Å². The van der Waals surface area contributed by atoms with Crippen molar-refractivity contribution in [1.82, 2.24) is 0 Å². The van der Waals surface area contributed by atoms with Crippen LogP contribution in [0.5, 0.6) is 5.75 Å². The maximum Gasteiger partial charge on any atom is 0.118 e. The van der Waals surface area contributed by atoms with E-state index in [1.165, 1.54) is 0 Å². The summed E-state index contributed by atoms with van der Waals surface area (Å²) in [4.78, 5) is 1.16. The van der Waals surface area contributed by atoms with E-state index in [-0.39, 0.29) is 6.61 Å². The molecule has 1 aromatic carbocycles. The smallest absolute Gasteiger partial charge is 0.118 e. The van der Waals surface area contributed by atoms with Gasteiger partial charge < -0.3 is 15.6 Å². The number of rotatable bonds is 6. The van der Waals surface area contributed by atoms with Gasteiger partial charge in [-0.15, -0.1) is 11.8 Å². The normalized spacial score (nSPS) is 18.8. The van der Waals surface area contributed by atoms with Gasteiger partial charge in [-0.2, -0.15) is 0 Å². The van der Waals surface area contributed by atoms with Crippen molar-refractivity contribution in [3.63, 3.8) is 0 Å². The molecule has 0 heterocycles. The lowest BCUT2D eigenvalue weighted by atomic mass is 9.99. The minimum absolute atomic E-state index is 0.0703. The molecule has 3 N–H and O–H groups in total. The second-order valence-electron chi connectivity index (χ2n) is 4.63. The van der Waals surface area contributed by atoms with Crippen LogP contribution in [0.3, 0.4) is 0 Å². The minimum atomic E-state index is -0.412. The van der Waals surface area contributed by atoms with Gasteiger partial charge in [0.25, 0.3) is 0 Å². The Balaban J connectivity index is 1.91. The SMILES string of the molecule is COc1ccc(SCC(N)(CO)C2CC2)cc1. The van der Waals surface area contributed by atoms with Crippen LogP contribution in [0.2, 0.25) is 0 Å². The number of aliphatic hydroxyl groups excluding tert-OH is 1.